The molecule has 1 amide bonds. The third kappa shape index (κ3) is 5.73. The molecule has 2 rings (SSSR count). The van der Waals surface area contributed by atoms with Crippen LogP contribution in [0, 0.1) is 0 Å². The number of carbonyl (C=O) groups is 1. The van der Waals surface area contributed by atoms with E-state index in [0.29, 0.717) is 36.0 Å². The molecule has 0 saturated heterocycles. The van der Waals surface area contributed by atoms with Gasteiger partial charge in [-0.05, 0) is 36.1 Å². The first-order valence-electron chi connectivity index (χ1n) is 8.10. The Bertz CT molecular complexity index is 958. The number of amides is 1. The zero-order valence-corrected chi connectivity index (χ0v) is 14.5. The smallest absolute Gasteiger partial charge is 0.336 e. The lowest BCUT2D eigenvalue weighted by molar-refractivity contribution is -0.117. The van der Waals surface area contributed by atoms with Gasteiger partial charge in [0.2, 0.25) is 5.91 Å². The first kappa shape index (κ1) is 19.8. The number of azide groups is 1. The SMILES string of the molecule is [N-]=[N+]=NCc1cc(=O)oc2cc(NC(=O)[C@@H](N)CCCN=C(N)N)ccc12. The molecule has 1 atom stereocenters. The van der Waals surface area contributed by atoms with Crippen molar-refractivity contribution in [2.75, 3.05) is 11.9 Å². The highest BCUT2D eigenvalue weighted by Crippen LogP contribution is 2.22. The van der Waals surface area contributed by atoms with Crippen LogP contribution in [0.15, 0.2) is 43.6 Å². The first-order valence-corrected chi connectivity index (χ1v) is 8.10. The molecule has 27 heavy (non-hydrogen) atoms. The van der Waals surface area contributed by atoms with Crippen molar-refractivity contribution in [1.82, 2.24) is 0 Å². The maximum Gasteiger partial charge on any atom is 0.336 e. The fourth-order valence-electron chi connectivity index (χ4n) is 2.43. The van der Waals surface area contributed by atoms with E-state index < -0.39 is 11.7 Å². The van der Waals surface area contributed by atoms with E-state index in [1.165, 1.54) is 12.1 Å². The zero-order chi connectivity index (χ0) is 19.8. The standard InChI is InChI=1S/C16H20N8O3/c17-12(2-1-5-21-16(18)19)15(26)23-10-3-4-11-9(8-22-24-20)6-14(25)27-13(11)7-10/h3-4,6-7,12H,1-2,5,8,17H2,(H,23,26)(H4,18,19,21)/t12-/m0/s1. The second-order valence-corrected chi connectivity index (χ2v) is 5.74. The number of hydrogen-bond donors (Lipinski definition) is 4. The van der Waals surface area contributed by atoms with E-state index >= 15 is 0 Å². The number of guanidine groups is 1. The van der Waals surface area contributed by atoms with Crippen molar-refractivity contribution in [1.29, 1.82) is 0 Å². The van der Waals surface area contributed by atoms with Crippen molar-refractivity contribution in [2.24, 2.45) is 27.3 Å². The van der Waals surface area contributed by atoms with Gasteiger partial charge in [0.05, 0.1) is 12.6 Å². The summed E-state index contributed by atoms with van der Waals surface area (Å²) in [5.74, 6) is -0.392. The van der Waals surface area contributed by atoms with Gasteiger partial charge in [0, 0.05) is 34.7 Å². The molecule has 2 aromatic rings. The maximum atomic E-state index is 12.2. The number of rotatable bonds is 8. The predicted octanol–water partition coefficient (Wildman–Crippen LogP) is 0.923. The van der Waals surface area contributed by atoms with Gasteiger partial charge in [-0.3, -0.25) is 9.79 Å². The molecule has 0 aliphatic carbocycles. The summed E-state index contributed by atoms with van der Waals surface area (Å²) < 4.78 is 5.16. The third-order valence-electron chi connectivity index (χ3n) is 3.71. The van der Waals surface area contributed by atoms with Crippen molar-refractivity contribution in [2.45, 2.75) is 25.4 Å². The molecule has 0 saturated carbocycles. The second kappa shape index (κ2) is 9.22. The fourth-order valence-corrected chi connectivity index (χ4v) is 2.43. The van der Waals surface area contributed by atoms with Crippen LogP contribution in [0.5, 0.6) is 0 Å². The van der Waals surface area contributed by atoms with E-state index in [2.05, 4.69) is 20.3 Å². The number of nitrogens with one attached hydrogen (secondary N) is 1. The number of hydrogen-bond acceptors (Lipinski definition) is 6. The first-order chi connectivity index (χ1) is 12.9. The highest BCUT2D eigenvalue weighted by atomic mass is 16.4. The third-order valence-corrected chi connectivity index (χ3v) is 3.71. The molecule has 0 aliphatic rings. The lowest BCUT2D eigenvalue weighted by atomic mass is 10.1. The minimum atomic E-state index is -0.738. The molecule has 11 nitrogen and oxygen atoms in total. The van der Waals surface area contributed by atoms with E-state index in [0.717, 1.165) is 0 Å². The largest absolute Gasteiger partial charge is 0.423 e. The van der Waals surface area contributed by atoms with Crippen molar-refractivity contribution in [3.8, 4) is 0 Å². The van der Waals surface area contributed by atoms with Crippen LogP contribution in [-0.2, 0) is 11.3 Å². The topological polar surface area (TPSA) is 198 Å². The van der Waals surface area contributed by atoms with Gasteiger partial charge in [-0.2, -0.15) is 0 Å². The molecule has 0 unspecified atom stereocenters. The molecule has 0 radical (unpaired) electrons. The fraction of sp³-hybridized carbons (Fsp3) is 0.312. The Morgan fingerprint density at radius 1 is 1.33 bits per heavy atom. The highest BCUT2D eigenvalue weighted by molar-refractivity contribution is 5.96. The number of nitrogens with zero attached hydrogens (tertiary/aromatic N) is 4. The maximum absolute atomic E-state index is 12.2. The minimum Gasteiger partial charge on any atom is -0.423 e. The number of anilines is 1. The van der Waals surface area contributed by atoms with Gasteiger partial charge in [0.15, 0.2) is 5.96 Å². The Morgan fingerprint density at radius 2 is 2.11 bits per heavy atom. The van der Waals surface area contributed by atoms with Crippen molar-refractivity contribution >= 4 is 28.5 Å². The number of aliphatic imine (C=N–C) groups is 1. The lowest BCUT2D eigenvalue weighted by Gasteiger charge is -2.12. The van der Waals surface area contributed by atoms with Crippen LogP contribution < -0.4 is 28.1 Å². The van der Waals surface area contributed by atoms with Crippen LogP contribution in [-0.4, -0.2) is 24.5 Å². The molecule has 142 valence electrons. The van der Waals surface area contributed by atoms with Crippen LogP contribution in [0.25, 0.3) is 21.4 Å². The normalized spacial score (nSPS) is 11.4. The van der Waals surface area contributed by atoms with Crippen LogP contribution in [0.3, 0.4) is 0 Å². The summed E-state index contributed by atoms with van der Waals surface area (Å²) in [5, 5.41) is 6.75. The van der Waals surface area contributed by atoms with Gasteiger partial charge in [-0.1, -0.05) is 5.11 Å². The van der Waals surface area contributed by atoms with Crippen molar-refractivity contribution in [3.05, 3.63) is 50.7 Å². The molecule has 0 bridgehead atoms. The van der Waals surface area contributed by atoms with E-state index in [4.69, 9.17) is 27.1 Å². The number of nitrogens with two attached hydrogens (primary N) is 3. The molecule has 1 aromatic heterocycles. The zero-order valence-electron chi connectivity index (χ0n) is 14.5. The quantitative estimate of drug-likeness (QED) is 0.101. The Labute approximate surface area is 153 Å². The summed E-state index contributed by atoms with van der Waals surface area (Å²) in [6, 6.07) is 5.35. The van der Waals surface area contributed by atoms with Crippen LogP contribution in [0.4, 0.5) is 5.69 Å². The van der Waals surface area contributed by atoms with Gasteiger partial charge in [-0.15, -0.1) is 0 Å². The number of carbonyl (C=O) groups excluding carboxylic acids is 1. The van der Waals surface area contributed by atoms with Crippen molar-refractivity contribution in [3.63, 3.8) is 0 Å². The van der Waals surface area contributed by atoms with E-state index in [1.807, 2.05) is 0 Å². The van der Waals surface area contributed by atoms with E-state index in [1.54, 1.807) is 12.1 Å². The Kier molecular flexibility index (Phi) is 6.75. The van der Waals surface area contributed by atoms with Crippen LogP contribution in [0.1, 0.15) is 18.4 Å². The summed E-state index contributed by atoms with van der Waals surface area (Å²) >= 11 is 0. The molecular weight excluding hydrogens is 352 g/mol. The molecule has 7 N–H and O–H groups in total. The predicted molar refractivity (Wildman–Crippen MR) is 102 cm³/mol. The monoisotopic (exact) mass is 372 g/mol. The minimum absolute atomic E-state index is 0.00879. The summed E-state index contributed by atoms with van der Waals surface area (Å²) in [5.41, 5.74) is 25.4. The highest BCUT2D eigenvalue weighted by Gasteiger charge is 2.14. The molecule has 11 heteroatoms. The average Bonchev–Trinajstić information content (AvgIpc) is 2.62. The summed E-state index contributed by atoms with van der Waals surface area (Å²) in [6.45, 7) is 0.406. The Hall–Kier alpha value is -3.56. The van der Waals surface area contributed by atoms with Gasteiger partial charge in [0.1, 0.15) is 5.58 Å². The summed E-state index contributed by atoms with van der Waals surface area (Å²) in [7, 11) is 0. The molecule has 1 heterocycles. The average molecular weight is 372 g/mol. The molecular formula is C16H20N8O3. The molecule has 1 aromatic carbocycles. The van der Waals surface area contributed by atoms with Crippen molar-refractivity contribution < 1.29 is 9.21 Å². The number of benzene rings is 1. The van der Waals surface area contributed by atoms with Gasteiger partial charge in [0.25, 0.3) is 0 Å². The van der Waals surface area contributed by atoms with Crippen LogP contribution in [0.2, 0.25) is 0 Å². The lowest BCUT2D eigenvalue weighted by Crippen LogP contribution is -2.35. The molecule has 0 fully saturated rings. The second-order valence-electron chi connectivity index (χ2n) is 5.74. The van der Waals surface area contributed by atoms with Gasteiger partial charge >= 0.3 is 5.63 Å². The number of fused-ring (bicyclic) bond motifs is 1. The molecule has 0 aliphatic heterocycles. The van der Waals surface area contributed by atoms with Gasteiger partial charge < -0.3 is 26.9 Å². The Balaban J connectivity index is 2.10. The van der Waals surface area contributed by atoms with Gasteiger partial charge in [-0.25, -0.2) is 4.79 Å². The summed E-state index contributed by atoms with van der Waals surface area (Å²) in [6.07, 6.45) is 0.962. The van der Waals surface area contributed by atoms with E-state index in [-0.39, 0.29) is 24.0 Å². The summed E-state index contributed by atoms with van der Waals surface area (Å²) in [4.78, 5) is 30.4. The Morgan fingerprint density at radius 3 is 2.81 bits per heavy atom. The molecule has 0 spiro atoms. The van der Waals surface area contributed by atoms with Crippen LogP contribution >= 0.6 is 0 Å². The van der Waals surface area contributed by atoms with E-state index in [9.17, 15) is 9.59 Å².